The molecule has 1 aromatic carbocycles. The SMILES string of the molecule is CCOc1ccc(-c2nc(C(=O)NCC3CNC3)cs2)cc1.Cl.Cl. The van der Waals surface area contributed by atoms with Crippen LogP contribution in [-0.2, 0) is 0 Å². The molecule has 0 bridgehead atoms. The highest BCUT2D eigenvalue weighted by Crippen LogP contribution is 2.25. The van der Waals surface area contributed by atoms with Crippen LogP contribution in [0.5, 0.6) is 5.75 Å². The van der Waals surface area contributed by atoms with Crippen LogP contribution in [0, 0.1) is 5.92 Å². The molecule has 0 unspecified atom stereocenters. The van der Waals surface area contributed by atoms with Gasteiger partial charge in [-0.15, -0.1) is 36.2 Å². The summed E-state index contributed by atoms with van der Waals surface area (Å²) in [6.07, 6.45) is 0. The Morgan fingerprint density at radius 1 is 1.33 bits per heavy atom. The Kier molecular flexibility index (Phi) is 8.48. The molecule has 2 aromatic rings. The second-order valence-electron chi connectivity index (χ2n) is 5.23. The first-order valence-corrected chi connectivity index (χ1v) is 8.32. The molecule has 1 fully saturated rings. The van der Waals surface area contributed by atoms with Crippen LogP contribution in [0.3, 0.4) is 0 Å². The quantitative estimate of drug-likeness (QED) is 0.796. The molecule has 132 valence electrons. The van der Waals surface area contributed by atoms with Crippen molar-refractivity contribution in [2.24, 2.45) is 5.92 Å². The number of halogens is 2. The van der Waals surface area contributed by atoms with Gasteiger partial charge < -0.3 is 15.4 Å². The smallest absolute Gasteiger partial charge is 0.270 e. The molecular weight excluding hydrogens is 369 g/mol. The van der Waals surface area contributed by atoms with E-state index in [2.05, 4.69) is 15.6 Å². The van der Waals surface area contributed by atoms with E-state index >= 15 is 0 Å². The van der Waals surface area contributed by atoms with Crippen LogP contribution in [-0.4, -0.2) is 37.1 Å². The lowest BCUT2D eigenvalue weighted by molar-refractivity contribution is 0.0938. The molecule has 0 spiro atoms. The van der Waals surface area contributed by atoms with Crippen molar-refractivity contribution in [3.8, 4) is 16.3 Å². The zero-order valence-corrected chi connectivity index (χ0v) is 15.7. The molecule has 1 saturated heterocycles. The van der Waals surface area contributed by atoms with Gasteiger partial charge in [0.1, 0.15) is 16.5 Å². The topological polar surface area (TPSA) is 63.2 Å². The third-order valence-electron chi connectivity index (χ3n) is 3.57. The number of ether oxygens (including phenoxy) is 1. The number of hydrogen-bond acceptors (Lipinski definition) is 5. The lowest BCUT2D eigenvalue weighted by Crippen LogP contribution is -2.48. The normalized spacial score (nSPS) is 13.2. The molecule has 2 heterocycles. The van der Waals surface area contributed by atoms with Crippen LogP contribution < -0.4 is 15.4 Å². The number of nitrogens with one attached hydrogen (secondary N) is 2. The third kappa shape index (κ3) is 5.08. The number of carbonyl (C=O) groups excluding carboxylic acids is 1. The Labute approximate surface area is 158 Å². The van der Waals surface area contributed by atoms with Gasteiger partial charge >= 0.3 is 0 Å². The van der Waals surface area contributed by atoms with E-state index in [0.717, 1.165) is 29.4 Å². The number of nitrogens with zero attached hydrogens (tertiary/aromatic N) is 1. The van der Waals surface area contributed by atoms with Gasteiger partial charge in [0, 0.05) is 36.5 Å². The first kappa shape index (κ1) is 20.7. The largest absolute Gasteiger partial charge is 0.494 e. The Balaban J connectivity index is 0.00000144. The molecule has 0 atom stereocenters. The second-order valence-corrected chi connectivity index (χ2v) is 6.09. The minimum Gasteiger partial charge on any atom is -0.494 e. The third-order valence-corrected chi connectivity index (χ3v) is 4.46. The molecule has 0 saturated carbocycles. The maximum absolute atomic E-state index is 12.1. The highest BCUT2D eigenvalue weighted by molar-refractivity contribution is 7.13. The molecule has 1 aromatic heterocycles. The summed E-state index contributed by atoms with van der Waals surface area (Å²) in [6.45, 7) is 5.28. The van der Waals surface area contributed by atoms with E-state index in [1.165, 1.54) is 11.3 Å². The molecule has 0 radical (unpaired) electrons. The van der Waals surface area contributed by atoms with E-state index in [9.17, 15) is 4.79 Å². The zero-order chi connectivity index (χ0) is 15.4. The average Bonchev–Trinajstić information content (AvgIpc) is 2.96. The highest BCUT2D eigenvalue weighted by atomic mass is 35.5. The molecule has 8 heteroatoms. The van der Waals surface area contributed by atoms with Crippen molar-refractivity contribution in [1.82, 2.24) is 15.6 Å². The van der Waals surface area contributed by atoms with Gasteiger partial charge in [-0.25, -0.2) is 4.98 Å². The van der Waals surface area contributed by atoms with Gasteiger partial charge in [-0.2, -0.15) is 0 Å². The van der Waals surface area contributed by atoms with E-state index in [1.807, 2.05) is 31.2 Å². The van der Waals surface area contributed by atoms with E-state index in [1.54, 1.807) is 5.38 Å². The number of rotatable bonds is 6. The van der Waals surface area contributed by atoms with Crippen LogP contribution in [0.2, 0.25) is 0 Å². The van der Waals surface area contributed by atoms with E-state index < -0.39 is 0 Å². The summed E-state index contributed by atoms with van der Waals surface area (Å²) in [6, 6.07) is 7.77. The van der Waals surface area contributed by atoms with Crippen molar-refractivity contribution >= 4 is 42.1 Å². The summed E-state index contributed by atoms with van der Waals surface area (Å²) >= 11 is 1.48. The zero-order valence-electron chi connectivity index (χ0n) is 13.3. The first-order valence-electron chi connectivity index (χ1n) is 7.44. The van der Waals surface area contributed by atoms with Crippen molar-refractivity contribution in [1.29, 1.82) is 0 Å². The number of carbonyl (C=O) groups is 1. The van der Waals surface area contributed by atoms with Gasteiger partial charge in [-0.3, -0.25) is 4.79 Å². The van der Waals surface area contributed by atoms with Crippen LogP contribution in [0.4, 0.5) is 0 Å². The van der Waals surface area contributed by atoms with Gasteiger partial charge in [0.15, 0.2) is 0 Å². The molecule has 2 N–H and O–H groups in total. The molecule has 24 heavy (non-hydrogen) atoms. The van der Waals surface area contributed by atoms with Crippen molar-refractivity contribution in [2.45, 2.75) is 6.92 Å². The maximum Gasteiger partial charge on any atom is 0.270 e. The minimum atomic E-state index is -0.0969. The minimum absolute atomic E-state index is 0. The predicted molar refractivity (Wildman–Crippen MR) is 102 cm³/mol. The Morgan fingerprint density at radius 3 is 2.62 bits per heavy atom. The number of benzene rings is 1. The van der Waals surface area contributed by atoms with E-state index in [0.29, 0.717) is 24.8 Å². The van der Waals surface area contributed by atoms with Gasteiger partial charge in [0.25, 0.3) is 5.91 Å². The van der Waals surface area contributed by atoms with Crippen LogP contribution in [0.1, 0.15) is 17.4 Å². The summed E-state index contributed by atoms with van der Waals surface area (Å²) < 4.78 is 5.42. The predicted octanol–water partition coefficient (Wildman–Crippen LogP) is 3.00. The molecule has 1 aliphatic heterocycles. The lowest BCUT2D eigenvalue weighted by atomic mass is 10.0. The van der Waals surface area contributed by atoms with Gasteiger partial charge in [-0.05, 0) is 31.2 Å². The Hall–Kier alpha value is -1.34. The molecule has 3 rings (SSSR count). The maximum atomic E-state index is 12.1. The first-order chi connectivity index (χ1) is 10.8. The van der Waals surface area contributed by atoms with Crippen molar-refractivity contribution in [3.05, 3.63) is 35.3 Å². The average molecular weight is 390 g/mol. The summed E-state index contributed by atoms with van der Waals surface area (Å²) in [4.78, 5) is 16.5. The van der Waals surface area contributed by atoms with Gasteiger partial charge in [0.2, 0.25) is 0 Å². The number of aromatic nitrogens is 1. The van der Waals surface area contributed by atoms with Crippen LogP contribution >= 0.6 is 36.2 Å². The van der Waals surface area contributed by atoms with Crippen LogP contribution in [0.25, 0.3) is 10.6 Å². The van der Waals surface area contributed by atoms with E-state index in [4.69, 9.17) is 4.74 Å². The summed E-state index contributed by atoms with van der Waals surface area (Å²) in [5.41, 5.74) is 1.48. The highest BCUT2D eigenvalue weighted by Gasteiger charge is 2.18. The molecule has 0 aliphatic carbocycles. The van der Waals surface area contributed by atoms with Gasteiger partial charge in [0.05, 0.1) is 6.61 Å². The summed E-state index contributed by atoms with van der Waals surface area (Å²) in [5, 5.41) is 8.78. The number of hydrogen-bond donors (Lipinski definition) is 2. The molecule has 1 amide bonds. The van der Waals surface area contributed by atoms with E-state index in [-0.39, 0.29) is 30.7 Å². The Bertz CT molecular complexity index is 645. The monoisotopic (exact) mass is 389 g/mol. The number of amides is 1. The standard InChI is InChI=1S/C16H19N3O2S.2ClH/c1-2-21-13-5-3-12(4-6-13)16-19-14(10-22-16)15(20)18-9-11-7-17-8-11;;/h3-6,10-11,17H,2,7-9H2,1H3,(H,18,20);2*1H. The van der Waals surface area contributed by atoms with Crippen molar-refractivity contribution in [2.75, 3.05) is 26.2 Å². The molecule has 1 aliphatic rings. The molecular formula is C16H21Cl2N3O2S. The summed E-state index contributed by atoms with van der Waals surface area (Å²) in [5.74, 6) is 1.29. The number of thiazole rings is 1. The van der Waals surface area contributed by atoms with Crippen molar-refractivity contribution < 1.29 is 9.53 Å². The fourth-order valence-corrected chi connectivity index (χ4v) is 3.00. The fraction of sp³-hybridized carbons (Fsp3) is 0.375. The van der Waals surface area contributed by atoms with Gasteiger partial charge in [-0.1, -0.05) is 0 Å². The van der Waals surface area contributed by atoms with Crippen molar-refractivity contribution in [3.63, 3.8) is 0 Å². The fourth-order valence-electron chi connectivity index (χ4n) is 2.19. The molecule has 5 nitrogen and oxygen atoms in total. The lowest BCUT2D eigenvalue weighted by Gasteiger charge is -2.26. The second kappa shape index (κ2) is 9.84. The summed E-state index contributed by atoms with van der Waals surface area (Å²) in [7, 11) is 0. The Morgan fingerprint density at radius 2 is 2.04 bits per heavy atom. The van der Waals surface area contributed by atoms with Crippen LogP contribution in [0.15, 0.2) is 29.6 Å².